The molecule has 0 fully saturated rings. The van der Waals surface area contributed by atoms with Crippen molar-refractivity contribution >= 4 is 27.7 Å². The van der Waals surface area contributed by atoms with Crippen molar-refractivity contribution in [2.24, 2.45) is 0 Å². The number of hydrogen-bond donors (Lipinski definition) is 1. The second-order valence-electron chi connectivity index (χ2n) is 6.98. The minimum absolute atomic E-state index is 0.0479. The fraction of sp³-hybridized carbons (Fsp3) is 0.391. The normalized spacial score (nSPS) is 18.5. The van der Waals surface area contributed by atoms with Crippen molar-refractivity contribution in [3.8, 4) is 5.75 Å². The fourth-order valence-electron chi connectivity index (χ4n) is 3.25. The molecule has 0 saturated heterocycles. The molecule has 2 aliphatic rings. The lowest BCUT2D eigenvalue weighted by Gasteiger charge is -2.28. The average molecular weight is 491 g/mol. The predicted molar refractivity (Wildman–Crippen MR) is 121 cm³/mol. The molecule has 7 nitrogen and oxygen atoms in total. The first-order valence-corrected chi connectivity index (χ1v) is 11.2. The van der Waals surface area contributed by atoms with E-state index in [9.17, 15) is 9.59 Å². The maximum atomic E-state index is 12.1. The summed E-state index contributed by atoms with van der Waals surface area (Å²) in [5.41, 5.74) is 5.63. The Bertz CT molecular complexity index is 878. The Hall–Kier alpha value is -2.58. The van der Waals surface area contributed by atoms with Gasteiger partial charge < -0.3 is 19.6 Å². The van der Waals surface area contributed by atoms with Crippen molar-refractivity contribution in [2.75, 3.05) is 26.4 Å². The van der Waals surface area contributed by atoms with Crippen LogP contribution < -0.4 is 10.2 Å². The van der Waals surface area contributed by atoms with E-state index < -0.39 is 6.10 Å². The van der Waals surface area contributed by atoms with Gasteiger partial charge in [0.2, 0.25) is 0 Å². The largest absolute Gasteiger partial charge is 0.492 e. The Morgan fingerprint density at radius 2 is 2.00 bits per heavy atom. The van der Waals surface area contributed by atoms with Crippen LogP contribution in [0.15, 0.2) is 60.0 Å². The Morgan fingerprint density at radius 1 is 1.23 bits per heavy atom. The summed E-state index contributed by atoms with van der Waals surface area (Å²) in [7, 11) is 0. The van der Waals surface area contributed by atoms with Gasteiger partial charge in [0.1, 0.15) is 12.4 Å². The molecule has 2 atom stereocenters. The van der Waals surface area contributed by atoms with Crippen LogP contribution in [0.2, 0.25) is 0 Å². The third-order valence-electron chi connectivity index (χ3n) is 4.80. The molecule has 1 heterocycles. The van der Waals surface area contributed by atoms with Crippen molar-refractivity contribution in [1.82, 2.24) is 10.4 Å². The number of Topliss-reactive ketones (excluding diaryl/α,β-unsaturated/α-hetero) is 1. The molecule has 1 aliphatic heterocycles. The number of ether oxygens (including phenoxy) is 3. The molecule has 166 valence electrons. The van der Waals surface area contributed by atoms with Crippen LogP contribution in [-0.4, -0.2) is 54.1 Å². The monoisotopic (exact) mass is 490 g/mol. The zero-order valence-corrected chi connectivity index (χ0v) is 19.3. The van der Waals surface area contributed by atoms with Gasteiger partial charge in [-0.25, -0.2) is 4.79 Å². The molecule has 2 unspecified atom stereocenters. The second-order valence-corrected chi connectivity index (χ2v) is 7.97. The van der Waals surface area contributed by atoms with E-state index in [1.54, 1.807) is 13.1 Å². The second kappa shape index (κ2) is 11.2. The predicted octanol–water partition coefficient (Wildman–Crippen LogP) is 3.07. The van der Waals surface area contributed by atoms with Crippen LogP contribution in [0.1, 0.15) is 19.4 Å². The minimum atomic E-state index is -0.603. The van der Waals surface area contributed by atoms with Crippen molar-refractivity contribution in [1.29, 1.82) is 0 Å². The van der Waals surface area contributed by atoms with Crippen LogP contribution >= 0.6 is 15.9 Å². The molecule has 1 aliphatic carbocycles. The Balaban J connectivity index is 1.48. The SMILES string of the molecule is CCOC(=O)C(Cc1ccc(OCCN2C=C3C=CC(Br)C(=O)C3=CN2)cc1)OCC. The molecule has 1 aromatic carbocycles. The number of nitrogens with one attached hydrogen (secondary N) is 1. The van der Waals surface area contributed by atoms with Crippen LogP contribution in [-0.2, 0) is 25.5 Å². The summed E-state index contributed by atoms with van der Waals surface area (Å²) in [6, 6.07) is 7.60. The van der Waals surface area contributed by atoms with E-state index in [1.807, 2.05) is 54.6 Å². The summed E-state index contributed by atoms with van der Waals surface area (Å²) in [4.78, 5) is 23.9. The number of esters is 1. The maximum Gasteiger partial charge on any atom is 0.335 e. The Morgan fingerprint density at radius 3 is 2.71 bits per heavy atom. The van der Waals surface area contributed by atoms with E-state index >= 15 is 0 Å². The van der Waals surface area contributed by atoms with Gasteiger partial charge in [0.05, 0.1) is 18.0 Å². The van der Waals surface area contributed by atoms with Gasteiger partial charge in [-0.3, -0.25) is 9.80 Å². The molecule has 0 amide bonds. The van der Waals surface area contributed by atoms with Crippen molar-refractivity contribution < 1.29 is 23.8 Å². The first-order chi connectivity index (χ1) is 15.0. The molecular weight excluding hydrogens is 464 g/mol. The van der Waals surface area contributed by atoms with Crippen LogP contribution in [0.3, 0.4) is 0 Å². The lowest BCUT2D eigenvalue weighted by atomic mass is 9.95. The number of ketones is 1. The summed E-state index contributed by atoms with van der Waals surface area (Å²) < 4.78 is 16.4. The number of hydrogen-bond acceptors (Lipinski definition) is 7. The number of allylic oxidation sites excluding steroid dienone is 4. The van der Waals surface area contributed by atoms with Gasteiger partial charge in [0, 0.05) is 36.6 Å². The molecule has 0 saturated carbocycles. The quantitative estimate of drug-likeness (QED) is 0.398. The van der Waals surface area contributed by atoms with E-state index in [4.69, 9.17) is 14.2 Å². The molecular formula is C23H27BrN2O5. The van der Waals surface area contributed by atoms with Crippen molar-refractivity contribution in [2.45, 2.75) is 31.2 Å². The summed E-state index contributed by atoms with van der Waals surface area (Å²) >= 11 is 3.34. The van der Waals surface area contributed by atoms with Gasteiger partial charge in [-0.05, 0) is 31.5 Å². The minimum Gasteiger partial charge on any atom is -0.492 e. The first kappa shape index (κ1) is 23.1. The topological polar surface area (TPSA) is 77.1 Å². The smallest absolute Gasteiger partial charge is 0.335 e. The van der Waals surface area contributed by atoms with E-state index in [2.05, 4.69) is 21.4 Å². The number of rotatable bonds is 10. The number of hydrazine groups is 1. The zero-order valence-electron chi connectivity index (χ0n) is 17.7. The summed E-state index contributed by atoms with van der Waals surface area (Å²) in [5, 5.41) is 1.88. The Kier molecular flexibility index (Phi) is 8.31. The lowest BCUT2D eigenvalue weighted by molar-refractivity contribution is -0.156. The number of carbonyl (C=O) groups excluding carboxylic acids is 2. The van der Waals surface area contributed by atoms with Gasteiger partial charge in [-0.2, -0.15) is 0 Å². The van der Waals surface area contributed by atoms with Gasteiger partial charge >= 0.3 is 5.97 Å². The molecule has 0 aromatic heterocycles. The van der Waals surface area contributed by atoms with E-state index in [1.165, 1.54) is 0 Å². The molecule has 0 bridgehead atoms. The summed E-state index contributed by atoms with van der Waals surface area (Å²) in [5.74, 6) is 0.446. The highest BCUT2D eigenvalue weighted by Crippen LogP contribution is 2.26. The molecule has 0 spiro atoms. The van der Waals surface area contributed by atoms with Crippen LogP contribution in [0.5, 0.6) is 5.75 Å². The number of halogens is 1. The molecule has 1 aromatic rings. The van der Waals surface area contributed by atoms with Crippen LogP contribution in [0.25, 0.3) is 0 Å². The van der Waals surface area contributed by atoms with Crippen LogP contribution in [0, 0.1) is 0 Å². The highest BCUT2D eigenvalue weighted by Gasteiger charge is 2.26. The highest BCUT2D eigenvalue weighted by molar-refractivity contribution is 9.10. The number of alkyl halides is 1. The molecule has 31 heavy (non-hydrogen) atoms. The summed E-state index contributed by atoms with van der Waals surface area (Å²) in [6.07, 6.45) is 7.25. The number of fused-ring (bicyclic) bond motifs is 1. The molecule has 1 N–H and O–H groups in total. The van der Waals surface area contributed by atoms with Crippen molar-refractivity contribution in [3.05, 3.63) is 65.5 Å². The van der Waals surface area contributed by atoms with Gasteiger partial charge in [-0.15, -0.1) is 0 Å². The van der Waals surface area contributed by atoms with E-state index in [-0.39, 0.29) is 16.6 Å². The van der Waals surface area contributed by atoms with E-state index in [0.29, 0.717) is 38.4 Å². The third kappa shape index (κ3) is 6.21. The Labute approximate surface area is 190 Å². The molecule has 0 radical (unpaired) electrons. The molecule has 3 rings (SSSR count). The standard InChI is InChI=1S/C23H27BrN2O5/c1-3-29-21(23(28)30-4-2)13-16-5-8-18(9-6-16)31-12-11-26-15-17-7-10-20(24)22(27)19(17)14-25-26/h5-10,14-15,20-21,25H,3-4,11-13H2,1-2H3. The first-order valence-electron chi connectivity index (χ1n) is 10.3. The van der Waals surface area contributed by atoms with Gasteiger partial charge in [0.15, 0.2) is 11.9 Å². The van der Waals surface area contributed by atoms with Crippen LogP contribution in [0.4, 0.5) is 0 Å². The maximum absolute atomic E-state index is 12.1. The van der Waals surface area contributed by atoms with Gasteiger partial charge in [-0.1, -0.05) is 40.2 Å². The molecule has 8 heteroatoms. The van der Waals surface area contributed by atoms with Gasteiger partial charge in [0.25, 0.3) is 0 Å². The highest BCUT2D eigenvalue weighted by atomic mass is 79.9. The van der Waals surface area contributed by atoms with Crippen molar-refractivity contribution in [3.63, 3.8) is 0 Å². The lowest BCUT2D eigenvalue weighted by Crippen LogP contribution is -2.38. The number of carbonyl (C=O) groups is 2. The third-order valence-corrected chi connectivity index (χ3v) is 5.53. The number of nitrogens with zero attached hydrogens (tertiary/aromatic N) is 1. The average Bonchev–Trinajstić information content (AvgIpc) is 2.77. The zero-order chi connectivity index (χ0) is 22.2. The fourth-order valence-corrected chi connectivity index (χ4v) is 3.65. The number of benzene rings is 1. The summed E-state index contributed by atoms with van der Waals surface area (Å²) in [6.45, 7) is 5.48. The van der Waals surface area contributed by atoms with E-state index in [0.717, 1.165) is 16.9 Å².